The van der Waals surface area contributed by atoms with Gasteiger partial charge in [0.25, 0.3) is 5.91 Å². The fraction of sp³-hybridized carbons (Fsp3) is 0.125. The van der Waals surface area contributed by atoms with Crippen LogP contribution in [0.25, 0.3) is 0 Å². The van der Waals surface area contributed by atoms with E-state index in [1.54, 1.807) is 24.3 Å². The Morgan fingerprint density at radius 3 is 2.65 bits per heavy atom. The minimum atomic E-state index is -0.478. The molecule has 120 valence electrons. The molecule has 0 aliphatic heterocycles. The van der Waals surface area contributed by atoms with Crippen molar-refractivity contribution in [1.82, 2.24) is 5.43 Å². The van der Waals surface area contributed by atoms with Crippen molar-refractivity contribution in [1.29, 1.82) is 0 Å². The highest BCUT2D eigenvalue weighted by Crippen LogP contribution is 2.23. The number of rotatable bonds is 5. The van der Waals surface area contributed by atoms with Crippen molar-refractivity contribution in [2.75, 3.05) is 14.2 Å². The van der Waals surface area contributed by atoms with Gasteiger partial charge in [-0.25, -0.2) is 5.43 Å². The molecule has 6 nitrogen and oxygen atoms in total. The van der Waals surface area contributed by atoms with Crippen LogP contribution in [0.3, 0.4) is 0 Å². The van der Waals surface area contributed by atoms with Crippen LogP contribution in [0.15, 0.2) is 41.5 Å². The lowest BCUT2D eigenvalue weighted by Crippen LogP contribution is -2.18. The van der Waals surface area contributed by atoms with Crippen molar-refractivity contribution in [2.45, 2.75) is 0 Å². The smallest absolute Gasteiger partial charge is 0.275 e. The molecule has 1 amide bonds. The van der Waals surface area contributed by atoms with Gasteiger partial charge in [0.2, 0.25) is 0 Å². The molecule has 0 radical (unpaired) electrons. The van der Waals surface area contributed by atoms with E-state index >= 15 is 0 Å². The summed E-state index contributed by atoms with van der Waals surface area (Å²) >= 11 is 5.88. The summed E-state index contributed by atoms with van der Waals surface area (Å²) in [7, 11) is 2.96. The van der Waals surface area contributed by atoms with Crippen LogP contribution in [0.4, 0.5) is 0 Å². The summed E-state index contributed by atoms with van der Waals surface area (Å²) in [5.74, 6) is 0.415. The molecule has 0 unspecified atom stereocenters. The van der Waals surface area contributed by atoms with Gasteiger partial charge in [-0.2, -0.15) is 5.10 Å². The molecule has 0 heterocycles. The van der Waals surface area contributed by atoms with E-state index in [1.807, 2.05) is 0 Å². The minimum absolute atomic E-state index is 0.0114. The fourth-order valence-corrected chi connectivity index (χ4v) is 2.01. The molecule has 2 rings (SSSR count). The number of methoxy groups -OCH3 is 2. The third-order valence-corrected chi connectivity index (χ3v) is 3.25. The number of ether oxygens (including phenoxy) is 2. The Balaban J connectivity index is 2.11. The van der Waals surface area contributed by atoms with Crippen LogP contribution in [0.2, 0.25) is 5.02 Å². The van der Waals surface area contributed by atoms with Crippen LogP contribution in [0, 0.1) is 0 Å². The number of nitrogens with one attached hydrogen (secondary N) is 1. The third-order valence-electron chi connectivity index (χ3n) is 3.01. The molecule has 0 fully saturated rings. The zero-order chi connectivity index (χ0) is 16.8. The van der Waals surface area contributed by atoms with E-state index in [2.05, 4.69) is 10.5 Å². The number of benzene rings is 2. The monoisotopic (exact) mass is 334 g/mol. The second-order valence-corrected chi connectivity index (χ2v) is 4.90. The molecule has 0 saturated carbocycles. The average Bonchev–Trinajstić information content (AvgIpc) is 2.56. The van der Waals surface area contributed by atoms with Gasteiger partial charge in [-0.1, -0.05) is 11.6 Å². The van der Waals surface area contributed by atoms with Crippen molar-refractivity contribution < 1.29 is 19.4 Å². The Morgan fingerprint density at radius 2 is 2.00 bits per heavy atom. The Morgan fingerprint density at radius 1 is 1.22 bits per heavy atom. The number of hydrogen-bond acceptors (Lipinski definition) is 5. The van der Waals surface area contributed by atoms with E-state index in [-0.39, 0.29) is 11.3 Å². The number of amides is 1. The number of carbonyl (C=O) groups is 1. The summed E-state index contributed by atoms with van der Waals surface area (Å²) in [4.78, 5) is 12.1. The summed E-state index contributed by atoms with van der Waals surface area (Å²) in [6, 6.07) is 9.43. The molecule has 0 aliphatic rings. The van der Waals surface area contributed by atoms with Gasteiger partial charge in [-0.05, 0) is 30.3 Å². The Kier molecular flexibility index (Phi) is 5.43. The first-order chi connectivity index (χ1) is 11.0. The zero-order valence-electron chi connectivity index (χ0n) is 12.5. The number of hydrazone groups is 1. The molecule has 23 heavy (non-hydrogen) atoms. The number of phenols is 1. The normalized spacial score (nSPS) is 10.6. The van der Waals surface area contributed by atoms with Crippen LogP contribution in [-0.4, -0.2) is 31.4 Å². The molecule has 0 saturated heterocycles. The predicted molar refractivity (Wildman–Crippen MR) is 87.7 cm³/mol. The van der Waals surface area contributed by atoms with E-state index in [4.69, 9.17) is 21.1 Å². The molecule has 2 N–H and O–H groups in total. The van der Waals surface area contributed by atoms with Crippen LogP contribution >= 0.6 is 11.6 Å². The topological polar surface area (TPSA) is 80.2 Å². The summed E-state index contributed by atoms with van der Waals surface area (Å²) in [6.45, 7) is 0. The predicted octanol–water partition coefficient (Wildman–Crippen LogP) is 2.83. The summed E-state index contributed by atoms with van der Waals surface area (Å²) in [5.41, 5.74) is 3.05. The number of aromatic hydroxyl groups is 1. The number of halogens is 1. The molecule has 0 spiro atoms. The van der Waals surface area contributed by atoms with E-state index < -0.39 is 5.91 Å². The largest absolute Gasteiger partial charge is 0.507 e. The SMILES string of the molecule is COc1ccc(/C=N/NC(=O)c2cc(Cl)ccc2OC)c(O)c1. The molecule has 0 aliphatic carbocycles. The molecule has 2 aromatic rings. The highest BCUT2D eigenvalue weighted by Gasteiger charge is 2.12. The Labute approximate surface area is 138 Å². The van der Waals surface area contributed by atoms with Crippen molar-refractivity contribution in [3.8, 4) is 17.2 Å². The lowest BCUT2D eigenvalue weighted by atomic mass is 10.2. The standard InChI is InChI=1S/C16H15ClN2O4/c1-22-12-5-3-10(14(20)8-12)9-18-19-16(21)13-7-11(17)4-6-15(13)23-2/h3-9,20H,1-2H3,(H,19,21)/b18-9+. The maximum absolute atomic E-state index is 12.1. The maximum Gasteiger partial charge on any atom is 0.275 e. The summed E-state index contributed by atoms with van der Waals surface area (Å²) < 4.78 is 10.1. The van der Waals surface area contributed by atoms with Gasteiger partial charge >= 0.3 is 0 Å². The first kappa shape index (κ1) is 16.6. The second-order valence-electron chi connectivity index (χ2n) is 4.47. The maximum atomic E-state index is 12.1. The molecule has 0 bridgehead atoms. The van der Waals surface area contributed by atoms with E-state index in [0.717, 1.165) is 0 Å². The minimum Gasteiger partial charge on any atom is -0.507 e. The lowest BCUT2D eigenvalue weighted by Gasteiger charge is -2.07. The summed E-state index contributed by atoms with van der Waals surface area (Å²) in [6.07, 6.45) is 1.32. The van der Waals surface area contributed by atoms with Gasteiger partial charge in [0.1, 0.15) is 17.2 Å². The van der Waals surface area contributed by atoms with Gasteiger partial charge in [0.15, 0.2) is 0 Å². The number of phenolic OH excluding ortho intramolecular Hbond substituents is 1. The van der Waals surface area contributed by atoms with E-state index in [9.17, 15) is 9.90 Å². The number of carbonyl (C=O) groups excluding carboxylic acids is 1. The van der Waals surface area contributed by atoms with Gasteiger partial charge in [-0.3, -0.25) is 4.79 Å². The molecular formula is C16H15ClN2O4. The first-order valence-electron chi connectivity index (χ1n) is 6.59. The Bertz CT molecular complexity index is 747. The van der Waals surface area contributed by atoms with E-state index in [1.165, 1.54) is 32.6 Å². The quantitative estimate of drug-likeness (QED) is 0.651. The average molecular weight is 335 g/mol. The van der Waals surface area contributed by atoms with Gasteiger partial charge in [0, 0.05) is 16.7 Å². The van der Waals surface area contributed by atoms with Crippen LogP contribution in [0.5, 0.6) is 17.2 Å². The zero-order valence-corrected chi connectivity index (χ0v) is 13.3. The van der Waals surface area contributed by atoms with Crippen molar-refractivity contribution >= 4 is 23.7 Å². The van der Waals surface area contributed by atoms with Crippen LogP contribution < -0.4 is 14.9 Å². The number of hydrogen-bond donors (Lipinski definition) is 2. The molecular weight excluding hydrogens is 320 g/mol. The van der Waals surface area contributed by atoms with Crippen molar-refractivity contribution in [3.05, 3.63) is 52.5 Å². The van der Waals surface area contributed by atoms with Gasteiger partial charge in [0.05, 0.1) is 26.0 Å². The highest BCUT2D eigenvalue weighted by molar-refractivity contribution is 6.31. The van der Waals surface area contributed by atoms with Gasteiger partial charge < -0.3 is 14.6 Å². The van der Waals surface area contributed by atoms with Crippen molar-refractivity contribution in [2.24, 2.45) is 5.10 Å². The van der Waals surface area contributed by atoms with Crippen LogP contribution in [0.1, 0.15) is 15.9 Å². The molecule has 2 aromatic carbocycles. The van der Waals surface area contributed by atoms with Gasteiger partial charge in [-0.15, -0.1) is 0 Å². The third kappa shape index (κ3) is 4.14. The molecule has 7 heteroatoms. The Hall–Kier alpha value is -2.73. The van der Waals surface area contributed by atoms with Crippen LogP contribution in [-0.2, 0) is 0 Å². The van der Waals surface area contributed by atoms with Crippen molar-refractivity contribution in [3.63, 3.8) is 0 Å². The second kappa shape index (κ2) is 7.51. The molecule has 0 aromatic heterocycles. The fourth-order valence-electron chi connectivity index (χ4n) is 1.84. The number of nitrogens with zero attached hydrogens (tertiary/aromatic N) is 1. The molecule has 0 atom stereocenters. The summed E-state index contributed by atoms with van der Waals surface area (Å²) in [5, 5.41) is 14.0. The lowest BCUT2D eigenvalue weighted by molar-refractivity contribution is 0.0952. The highest BCUT2D eigenvalue weighted by atomic mass is 35.5. The van der Waals surface area contributed by atoms with E-state index in [0.29, 0.717) is 22.1 Å². The first-order valence-corrected chi connectivity index (χ1v) is 6.97.